The van der Waals surface area contributed by atoms with Crippen molar-refractivity contribution in [1.29, 1.82) is 0 Å². The molecule has 2 heterocycles. The van der Waals surface area contributed by atoms with Crippen LogP contribution in [0.3, 0.4) is 0 Å². The lowest BCUT2D eigenvalue weighted by molar-refractivity contribution is -0.123. The summed E-state index contributed by atoms with van der Waals surface area (Å²) in [6, 6.07) is 16.2. The third-order valence-electron chi connectivity index (χ3n) is 4.64. The first kappa shape index (κ1) is 20.2. The Kier molecular flexibility index (Phi) is 5.98. The molecule has 1 N–H and O–H groups in total. The predicted octanol–water partition coefficient (Wildman–Crippen LogP) is 2.67. The summed E-state index contributed by atoms with van der Waals surface area (Å²) in [5.74, 6) is -0.346. The molecule has 0 aliphatic rings. The van der Waals surface area contributed by atoms with E-state index in [-0.39, 0.29) is 37.0 Å². The quantitative estimate of drug-likeness (QED) is 0.499. The summed E-state index contributed by atoms with van der Waals surface area (Å²) < 4.78 is 19.7. The van der Waals surface area contributed by atoms with E-state index >= 15 is 0 Å². The number of nitrogens with zero attached hydrogens (tertiary/aromatic N) is 3. The van der Waals surface area contributed by atoms with Gasteiger partial charge in [0.15, 0.2) is 6.61 Å². The summed E-state index contributed by atoms with van der Waals surface area (Å²) in [6.07, 6.45) is 3.34. The minimum atomic E-state index is -0.379. The number of nitrogens with one attached hydrogen (secondary N) is 1. The first-order chi connectivity index (χ1) is 15.1. The molecule has 0 aliphatic heterocycles. The number of hydrogen-bond donors (Lipinski definition) is 1. The summed E-state index contributed by atoms with van der Waals surface area (Å²) in [4.78, 5) is 29.1. The number of rotatable bonds is 7. The average molecular weight is 418 g/mol. The Morgan fingerprint density at radius 1 is 1.03 bits per heavy atom. The molecule has 7 nitrogen and oxygen atoms in total. The fourth-order valence-electron chi connectivity index (χ4n) is 3.12. The van der Waals surface area contributed by atoms with Crippen LogP contribution in [0, 0.1) is 5.82 Å². The second-order valence-electron chi connectivity index (χ2n) is 6.84. The molecule has 0 bridgehead atoms. The molecule has 0 fully saturated rings. The van der Waals surface area contributed by atoms with E-state index in [1.165, 1.54) is 28.9 Å². The molecule has 8 heteroatoms. The van der Waals surface area contributed by atoms with Gasteiger partial charge in [0, 0.05) is 17.8 Å². The Bertz CT molecular complexity index is 1260. The van der Waals surface area contributed by atoms with Gasteiger partial charge >= 0.3 is 0 Å². The third-order valence-corrected chi connectivity index (χ3v) is 4.64. The number of hydrogen-bond acceptors (Lipinski definition) is 5. The largest absolute Gasteiger partial charge is 0.484 e. The second-order valence-corrected chi connectivity index (χ2v) is 6.84. The van der Waals surface area contributed by atoms with Crippen molar-refractivity contribution in [3.63, 3.8) is 0 Å². The molecule has 4 aromatic rings. The molecule has 0 radical (unpaired) electrons. The van der Waals surface area contributed by atoms with E-state index in [4.69, 9.17) is 4.74 Å². The lowest BCUT2D eigenvalue weighted by Crippen LogP contribution is -2.31. The topological polar surface area (TPSA) is 86.1 Å². The smallest absolute Gasteiger partial charge is 0.274 e. The van der Waals surface area contributed by atoms with Crippen LogP contribution in [-0.4, -0.2) is 27.3 Å². The number of amides is 1. The Morgan fingerprint density at radius 2 is 1.81 bits per heavy atom. The first-order valence-corrected chi connectivity index (χ1v) is 9.63. The van der Waals surface area contributed by atoms with Gasteiger partial charge in [0.2, 0.25) is 0 Å². The van der Waals surface area contributed by atoms with E-state index in [1.54, 1.807) is 36.7 Å². The first-order valence-electron chi connectivity index (χ1n) is 9.63. The Morgan fingerprint density at radius 3 is 2.55 bits per heavy atom. The molecule has 2 aromatic heterocycles. The fraction of sp³-hybridized carbons (Fsp3) is 0.130. The number of carbonyl (C=O) groups excluding carboxylic acids is 1. The highest BCUT2D eigenvalue weighted by Gasteiger charge is 2.12. The van der Waals surface area contributed by atoms with Crippen LogP contribution in [-0.2, 0) is 17.9 Å². The SMILES string of the molecule is O=C(COc1ccc(F)cc1)NCc1nn(Cc2cccnc2)c(=O)c2ccccc12. The van der Waals surface area contributed by atoms with Crippen LogP contribution in [0.2, 0.25) is 0 Å². The molecule has 0 atom stereocenters. The van der Waals surface area contributed by atoms with E-state index in [1.807, 2.05) is 12.1 Å². The Hall–Kier alpha value is -4.07. The lowest BCUT2D eigenvalue weighted by Gasteiger charge is -2.12. The van der Waals surface area contributed by atoms with Crippen molar-refractivity contribution in [2.75, 3.05) is 6.61 Å². The van der Waals surface area contributed by atoms with Crippen molar-refractivity contribution < 1.29 is 13.9 Å². The molecule has 0 saturated heterocycles. The normalized spacial score (nSPS) is 10.7. The number of aromatic nitrogens is 3. The monoisotopic (exact) mass is 418 g/mol. The van der Waals surface area contributed by atoms with Crippen LogP contribution < -0.4 is 15.6 Å². The number of ether oxygens (including phenoxy) is 1. The molecule has 156 valence electrons. The van der Waals surface area contributed by atoms with E-state index in [0.29, 0.717) is 22.2 Å². The van der Waals surface area contributed by atoms with Gasteiger partial charge in [-0.2, -0.15) is 5.10 Å². The van der Waals surface area contributed by atoms with Crippen molar-refractivity contribution >= 4 is 16.7 Å². The van der Waals surface area contributed by atoms with E-state index < -0.39 is 0 Å². The summed E-state index contributed by atoms with van der Waals surface area (Å²) in [5.41, 5.74) is 1.19. The van der Waals surface area contributed by atoms with Crippen molar-refractivity contribution in [3.8, 4) is 5.75 Å². The van der Waals surface area contributed by atoms with Gasteiger partial charge in [-0.05, 0) is 42.0 Å². The number of fused-ring (bicyclic) bond motifs is 1. The molecule has 31 heavy (non-hydrogen) atoms. The van der Waals surface area contributed by atoms with Crippen molar-refractivity contribution in [1.82, 2.24) is 20.1 Å². The van der Waals surface area contributed by atoms with Gasteiger partial charge in [0.25, 0.3) is 11.5 Å². The Balaban J connectivity index is 1.51. The van der Waals surface area contributed by atoms with Gasteiger partial charge in [-0.1, -0.05) is 24.3 Å². The van der Waals surface area contributed by atoms with Crippen LogP contribution in [0.4, 0.5) is 4.39 Å². The Labute approximate surface area is 177 Å². The van der Waals surface area contributed by atoms with Gasteiger partial charge in [-0.15, -0.1) is 0 Å². The highest BCUT2D eigenvalue weighted by molar-refractivity contribution is 5.84. The van der Waals surface area contributed by atoms with Crippen LogP contribution in [0.25, 0.3) is 10.8 Å². The maximum Gasteiger partial charge on any atom is 0.274 e. The van der Waals surface area contributed by atoms with Crippen LogP contribution in [0.1, 0.15) is 11.3 Å². The van der Waals surface area contributed by atoms with Crippen LogP contribution >= 0.6 is 0 Å². The number of benzene rings is 2. The zero-order valence-electron chi connectivity index (χ0n) is 16.5. The van der Waals surface area contributed by atoms with E-state index in [9.17, 15) is 14.0 Å². The van der Waals surface area contributed by atoms with Crippen LogP contribution in [0.15, 0.2) is 77.9 Å². The van der Waals surface area contributed by atoms with Crippen LogP contribution in [0.5, 0.6) is 5.75 Å². The number of halogens is 1. The van der Waals surface area contributed by atoms with Crippen molar-refractivity contribution in [3.05, 3.63) is 100 Å². The molecule has 4 rings (SSSR count). The number of carbonyl (C=O) groups is 1. The van der Waals surface area contributed by atoms with E-state index in [0.717, 1.165) is 5.56 Å². The molecule has 1 amide bonds. The van der Waals surface area contributed by atoms with Crippen molar-refractivity contribution in [2.45, 2.75) is 13.1 Å². The van der Waals surface area contributed by atoms with Gasteiger partial charge in [0.05, 0.1) is 24.2 Å². The van der Waals surface area contributed by atoms with Crippen molar-refractivity contribution in [2.24, 2.45) is 0 Å². The summed E-state index contributed by atoms with van der Waals surface area (Å²) >= 11 is 0. The van der Waals surface area contributed by atoms with E-state index in [2.05, 4.69) is 15.4 Å². The molecule has 0 saturated carbocycles. The summed E-state index contributed by atoms with van der Waals surface area (Å²) in [5, 5.41) is 8.43. The lowest BCUT2D eigenvalue weighted by atomic mass is 10.1. The highest BCUT2D eigenvalue weighted by atomic mass is 19.1. The maximum atomic E-state index is 13.0. The molecule has 0 aliphatic carbocycles. The molecule has 0 unspecified atom stereocenters. The average Bonchev–Trinajstić information content (AvgIpc) is 2.80. The fourth-order valence-corrected chi connectivity index (χ4v) is 3.12. The molecular formula is C23H19FN4O3. The standard InChI is InChI=1S/C23H19FN4O3/c24-17-7-9-18(10-8-17)31-15-22(29)26-13-21-19-5-1-2-6-20(19)23(30)28(27-21)14-16-4-3-11-25-12-16/h1-12H,13-15H2,(H,26,29). The minimum absolute atomic E-state index is 0.124. The maximum absolute atomic E-state index is 13.0. The highest BCUT2D eigenvalue weighted by Crippen LogP contribution is 2.14. The molecule has 2 aromatic carbocycles. The number of pyridine rings is 1. The summed E-state index contributed by atoms with van der Waals surface area (Å²) in [6.45, 7) is 0.171. The zero-order chi connectivity index (χ0) is 21.6. The summed E-state index contributed by atoms with van der Waals surface area (Å²) in [7, 11) is 0. The molecule has 0 spiro atoms. The zero-order valence-corrected chi connectivity index (χ0v) is 16.5. The van der Waals surface area contributed by atoms with Gasteiger partial charge in [0.1, 0.15) is 11.6 Å². The molecular weight excluding hydrogens is 399 g/mol. The van der Waals surface area contributed by atoms with Gasteiger partial charge < -0.3 is 10.1 Å². The third kappa shape index (κ3) is 4.92. The minimum Gasteiger partial charge on any atom is -0.484 e. The van der Waals surface area contributed by atoms with Gasteiger partial charge in [-0.25, -0.2) is 9.07 Å². The van der Waals surface area contributed by atoms with Gasteiger partial charge in [-0.3, -0.25) is 14.6 Å². The second kappa shape index (κ2) is 9.17. The predicted molar refractivity (Wildman–Crippen MR) is 113 cm³/mol.